The first kappa shape index (κ1) is 9.76. The number of nitrogens with two attached hydrogens (primary N) is 1. The Hall–Kier alpha value is -1.33. The lowest BCUT2D eigenvalue weighted by atomic mass is 9.98. The van der Waals surface area contributed by atoms with Crippen molar-refractivity contribution in [3.8, 4) is 6.07 Å². The second-order valence-electron chi connectivity index (χ2n) is 3.22. The minimum absolute atomic E-state index is 0.0189. The maximum Gasteiger partial charge on any atom is 0.0995 e. The molecule has 0 fully saturated rings. The summed E-state index contributed by atoms with van der Waals surface area (Å²) in [7, 11) is 0. The first-order chi connectivity index (χ1) is 6.19. The zero-order valence-electron chi connectivity index (χ0n) is 8.04. The average Bonchev–Trinajstić information content (AvgIpc) is 2.16. The molecule has 1 atom stereocenters. The molecule has 1 aromatic rings. The van der Waals surface area contributed by atoms with Crippen LogP contribution in [-0.4, -0.2) is 0 Å². The van der Waals surface area contributed by atoms with E-state index in [4.69, 9.17) is 11.0 Å². The van der Waals surface area contributed by atoms with Crippen molar-refractivity contribution in [2.24, 2.45) is 5.73 Å². The lowest BCUT2D eigenvalue weighted by Crippen LogP contribution is -2.10. The van der Waals surface area contributed by atoms with Crippen LogP contribution in [0.25, 0.3) is 0 Å². The van der Waals surface area contributed by atoms with Crippen molar-refractivity contribution in [1.82, 2.24) is 0 Å². The van der Waals surface area contributed by atoms with Crippen LogP contribution in [0.2, 0.25) is 0 Å². The molecular formula is C11H14N2. The molecule has 0 amide bonds. The Labute approximate surface area is 79.0 Å². The number of rotatable bonds is 2. The van der Waals surface area contributed by atoms with Gasteiger partial charge in [-0.05, 0) is 25.0 Å². The van der Waals surface area contributed by atoms with Crippen LogP contribution in [0.5, 0.6) is 0 Å². The van der Waals surface area contributed by atoms with Crippen LogP contribution in [-0.2, 0) is 0 Å². The van der Waals surface area contributed by atoms with E-state index in [1.165, 1.54) is 0 Å². The SMILES string of the molecule is CCC(N)c1cc(C)ccc1C#N. The van der Waals surface area contributed by atoms with E-state index in [0.717, 1.165) is 17.5 Å². The fourth-order valence-electron chi connectivity index (χ4n) is 1.31. The highest BCUT2D eigenvalue weighted by Crippen LogP contribution is 2.19. The third-order valence-corrected chi connectivity index (χ3v) is 2.17. The van der Waals surface area contributed by atoms with E-state index in [2.05, 4.69) is 6.07 Å². The number of nitriles is 1. The summed E-state index contributed by atoms with van der Waals surface area (Å²) < 4.78 is 0. The molecule has 2 nitrogen and oxygen atoms in total. The molecule has 0 aliphatic heterocycles. The standard InChI is InChI=1S/C11H14N2/c1-3-11(13)10-6-8(2)4-5-9(10)7-12/h4-6,11H,3,13H2,1-2H3. The van der Waals surface area contributed by atoms with Gasteiger partial charge in [-0.1, -0.05) is 24.6 Å². The summed E-state index contributed by atoms with van der Waals surface area (Å²) in [4.78, 5) is 0. The fraction of sp³-hybridized carbons (Fsp3) is 0.364. The molecule has 0 radical (unpaired) electrons. The Morgan fingerprint density at radius 3 is 2.77 bits per heavy atom. The van der Waals surface area contributed by atoms with Gasteiger partial charge in [-0.25, -0.2) is 0 Å². The largest absolute Gasteiger partial charge is 0.324 e. The van der Waals surface area contributed by atoms with Gasteiger partial charge < -0.3 is 5.73 Å². The summed E-state index contributed by atoms with van der Waals surface area (Å²) in [5.74, 6) is 0. The normalized spacial score (nSPS) is 12.2. The van der Waals surface area contributed by atoms with E-state index < -0.39 is 0 Å². The average molecular weight is 174 g/mol. The molecule has 68 valence electrons. The van der Waals surface area contributed by atoms with Crippen LogP contribution in [0, 0.1) is 18.3 Å². The minimum atomic E-state index is -0.0189. The smallest absolute Gasteiger partial charge is 0.0995 e. The van der Waals surface area contributed by atoms with Gasteiger partial charge in [0.25, 0.3) is 0 Å². The zero-order valence-corrected chi connectivity index (χ0v) is 8.04. The van der Waals surface area contributed by atoms with Gasteiger partial charge in [0, 0.05) is 6.04 Å². The van der Waals surface area contributed by atoms with E-state index >= 15 is 0 Å². The molecule has 0 saturated heterocycles. The van der Waals surface area contributed by atoms with Gasteiger partial charge in [0.15, 0.2) is 0 Å². The highest BCUT2D eigenvalue weighted by atomic mass is 14.6. The first-order valence-electron chi connectivity index (χ1n) is 4.45. The van der Waals surface area contributed by atoms with E-state index in [0.29, 0.717) is 5.56 Å². The van der Waals surface area contributed by atoms with Crippen LogP contribution in [0.15, 0.2) is 18.2 Å². The molecule has 1 rings (SSSR count). The molecular weight excluding hydrogens is 160 g/mol. The molecule has 2 heteroatoms. The molecule has 13 heavy (non-hydrogen) atoms. The van der Waals surface area contributed by atoms with Crippen molar-refractivity contribution in [1.29, 1.82) is 5.26 Å². The molecule has 0 bridgehead atoms. The zero-order chi connectivity index (χ0) is 9.84. The van der Waals surface area contributed by atoms with Crippen LogP contribution >= 0.6 is 0 Å². The predicted octanol–water partition coefficient (Wildman–Crippen LogP) is 2.28. The van der Waals surface area contributed by atoms with Crippen LogP contribution in [0.1, 0.15) is 36.1 Å². The molecule has 1 aromatic carbocycles. The summed E-state index contributed by atoms with van der Waals surface area (Å²) in [6.45, 7) is 4.03. The van der Waals surface area contributed by atoms with Gasteiger partial charge in [-0.15, -0.1) is 0 Å². The van der Waals surface area contributed by atoms with E-state index in [1.54, 1.807) is 0 Å². The van der Waals surface area contributed by atoms with Crippen molar-refractivity contribution < 1.29 is 0 Å². The highest BCUT2D eigenvalue weighted by molar-refractivity contribution is 5.41. The Morgan fingerprint density at radius 1 is 1.54 bits per heavy atom. The van der Waals surface area contributed by atoms with Crippen molar-refractivity contribution in [3.63, 3.8) is 0 Å². The van der Waals surface area contributed by atoms with Crippen LogP contribution in [0.4, 0.5) is 0 Å². The lowest BCUT2D eigenvalue weighted by Gasteiger charge is -2.11. The molecule has 0 spiro atoms. The van der Waals surface area contributed by atoms with E-state index in [-0.39, 0.29) is 6.04 Å². The van der Waals surface area contributed by atoms with Gasteiger partial charge in [0.2, 0.25) is 0 Å². The summed E-state index contributed by atoms with van der Waals surface area (Å²) >= 11 is 0. The Morgan fingerprint density at radius 2 is 2.23 bits per heavy atom. The Balaban J connectivity index is 3.17. The fourth-order valence-corrected chi connectivity index (χ4v) is 1.31. The summed E-state index contributed by atoms with van der Waals surface area (Å²) in [5, 5.41) is 8.85. The molecule has 0 aliphatic rings. The molecule has 0 saturated carbocycles. The van der Waals surface area contributed by atoms with Crippen LogP contribution < -0.4 is 5.73 Å². The highest BCUT2D eigenvalue weighted by Gasteiger charge is 2.08. The third kappa shape index (κ3) is 2.07. The molecule has 1 unspecified atom stereocenters. The predicted molar refractivity (Wildman–Crippen MR) is 53.1 cm³/mol. The number of aryl methyl sites for hydroxylation is 1. The van der Waals surface area contributed by atoms with Gasteiger partial charge in [0.05, 0.1) is 11.6 Å². The Bertz CT molecular complexity index is 336. The molecule has 0 heterocycles. The number of benzene rings is 1. The van der Waals surface area contributed by atoms with Gasteiger partial charge >= 0.3 is 0 Å². The van der Waals surface area contributed by atoms with E-state index in [9.17, 15) is 0 Å². The maximum atomic E-state index is 8.85. The molecule has 0 aromatic heterocycles. The summed E-state index contributed by atoms with van der Waals surface area (Å²) in [5.41, 5.74) is 8.70. The monoisotopic (exact) mass is 174 g/mol. The topological polar surface area (TPSA) is 49.8 Å². The second kappa shape index (κ2) is 4.06. The molecule has 2 N–H and O–H groups in total. The van der Waals surface area contributed by atoms with Crippen molar-refractivity contribution in [3.05, 3.63) is 34.9 Å². The second-order valence-corrected chi connectivity index (χ2v) is 3.22. The first-order valence-corrected chi connectivity index (χ1v) is 4.45. The van der Waals surface area contributed by atoms with Gasteiger partial charge in [-0.2, -0.15) is 5.26 Å². The minimum Gasteiger partial charge on any atom is -0.324 e. The molecule has 0 aliphatic carbocycles. The third-order valence-electron chi connectivity index (χ3n) is 2.17. The number of nitrogens with zero attached hydrogens (tertiary/aromatic N) is 1. The van der Waals surface area contributed by atoms with Crippen molar-refractivity contribution in [2.75, 3.05) is 0 Å². The van der Waals surface area contributed by atoms with E-state index in [1.807, 2.05) is 32.0 Å². The summed E-state index contributed by atoms with van der Waals surface area (Å²) in [6, 6.07) is 7.90. The quantitative estimate of drug-likeness (QED) is 0.747. The van der Waals surface area contributed by atoms with Crippen molar-refractivity contribution >= 4 is 0 Å². The van der Waals surface area contributed by atoms with Gasteiger partial charge in [-0.3, -0.25) is 0 Å². The number of hydrogen-bond donors (Lipinski definition) is 1. The Kier molecular flexibility index (Phi) is 3.05. The lowest BCUT2D eigenvalue weighted by molar-refractivity contribution is 0.696. The van der Waals surface area contributed by atoms with Gasteiger partial charge in [0.1, 0.15) is 0 Å². The van der Waals surface area contributed by atoms with Crippen LogP contribution in [0.3, 0.4) is 0 Å². The number of hydrogen-bond acceptors (Lipinski definition) is 2. The maximum absolute atomic E-state index is 8.85. The summed E-state index contributed by atoms with van der Waals surface area (Å²) in [6.07, 6.45) is 0.859. The van der Waals surface area contributed by atoms with Crippen molar-refractivity contribution in [2.45, 2.75) is 26.3 Å².